The molecule has 1 atom stereocenters. The summed E-state index contributed by atoms with van der Waals surface area (Å²) >= 11 is 0. The van der Waals surface area contributed by atoms with Gasteiger partial charge >= 0.3 is 12.1 Å². The van der Waals surface area contributed by atoms with Crippen LogP contribution in [0, 0.1) is 5.92 Å². The molecule has 2 heterocycles. The molecule has 0 bridgehead atoms. The van der Waals surface area contributed by atoms with E-state index >= 15 is 0 Å². The number of carbonyl (C=O) groups excluding carboxylic acids is 2. The van der Waals surface area contributed by atoms with Crippen molar-refractivity contribution in [3.05, 3.63) is 50.7 Å². The quantitative estimate of drug-likeness (QED) is 0.619. The SMILES string of the molecule is CC(C)CCn1c2c(c(=O)[nH]c1=O)[C@H](C(=O)Nc1ccc(OC(F)(F)F)cc1)CC(=O)N2. The van der Waals surface area contributed by atoms with E-state index in [0.717, 1.165) is 12.1 Å². The Morgan fingerprint density at radius 2 is 1.88 bits per heavy atom. The van der Waals surface area contributed by atoms with Crippen LogP contribution in [0.15, 0.2) is 33.9 Å². The molecule has 1 aromatic heterocycles. The summed E-state index contributed by atoms with van der Waals surface area (Å²) < 4.78 is 41.8. The van der Waals surface area contributed by atoms with Crippen LogP contribution in [0.1, 0.15) is 38.2 Å². The highest BCUT2D eigenvalue weighted by Crippen LogP contribution is 2.30. The van der Waals surface area contributed by atoms with Crippen LogP contribution >= 0.6 is 0 Å². The van der Waals surface area contributed by atoms with Gasteiger partial charge in [0, 0.05) is 18.7 Å². The van der Waals surface area contributed by atoms with E-state index in [4.69, 9.17) is 0 Å². The summed E-state index contributed by atoms with van der Waals surface area (Å²) in [6.45, 7) is 4.12. The Morgan fingerprint density at radius 1 is 1.22 bits per heavy atom. The first-order valence-corrected chi connectivity index (χ1v) is 9.78. The van der Waals surface area contributed by atoms with Crippen LogP contribution in [0.4, 0.5) is 24.7 Å². The van der Waals surface area contributed by atoms with E-state index in [2.05, 4.69) is 20.4 Å². The molecule has 2 aromatic rings. The van der Waals surface area contributed by atoms with Gasteiger partial charge in [0.2, 0.25) is 11.8 Å². The van der Waals surface area contributed by atoms with Gasteiger partial charge in [-0.15, -0.1) is 13.2 Å². The Hall–Kier alpha value is -3.57. The van der Waals surface area contributed by atoms with Crippen LogP contribution in [0.3, 0.4) is 0 Å². The van der Waals surface area contributed by atoms with E-state index < -0.39 is 41.1 Å². The summed E-state index contributed by atoms with van der Waals surface area (Å²) in [6.07, 6.45) is -4.59. The van der Waals surface area contributed by atoms with Gasteiger partial charge < -0.3 is 15.4 Å². The lowest BCUT2D eigenvalue weighted by Gasteiger charge is -2.26. The van der Waals surface area contributed by atoms with E-state index in [1.807, 2.05) is 13.8 Å². The summed E-state index contributed by atoms with van der Waals surface area (Å²) in [6, 6.07) is 4.41. The number of nitrogens with one attached hydrogen (secondary N) is 3. The first-order chi connectivity index (χ1) is 14.9. The standard InChI is InChI=1S/C20H21F3N4O5/c1-10(2)7-8-27-16-15(18(30)26-19(27)31)13(9-14(28)25-16)17(29)24-11-3-5-12(6-4-11)32-20(21,22)23/h3-6,10,13H,7-9H2,1-2H3,(H,24,29)(H,25,28)(H,26,30,31)/t13-/m1/s1. The largest absolute Gasteiger partial charge is 0.573 e. The normalized spacial score (nSPS) is 15.8. The number of alkyl halides is 3. The fourth-order valence-electron chi connectivity index (χ4n) is 3.31. The van der Waals surface area contributed by atoms with Crippen LogP contribution in [-0.4, -0.2) is 27.7 Å². The molecule has 1 aliphatic rings. The number of amides is 2. The number of anilines is 2. The minimum atomic E-state index is -4.85. The van der Waals surface area contributed by atoms with Gasteiger partial charge in [-0.1, -0.05) is 13.8 Å². The van der Waals surface area contributed by atoms with Crippen molar-refractivity contribution in [3.63, 3.8) is 0 Å². The number of nitrogens with zero attached hydrogens (tertiary/aromatic N) is 1. The highest BCUT2D eigenvalue weighted by molar-refractivity contribution is 6.04. The number of ether oxygens (including phenoxy) is 1. The molecule has 9 nitrogen and oxygen atoms in total. The Bertz CT molecular complexity index is 1140. The van der Waals surface area contributed by atoms with Gasteiger partial charge in [-0.3, -0.25) is 23.9 Å². The third kappa shape index (κ3) is 5.37. The lowest BCUT2D eigenvalue weighted by molar-refractivity contribution is -0.274. The van der Waals surface area contributed by atoms with Gasteiger partial charge in [0.1, 0.15) is 11.6 Å². The number of fused-ring (bicyclic) bond motifs is 1. The first-order valence-electron chi connectivity index (χ1n) is 9.78. The molecule has 3 N–H and O–H groups in total. The molecule has 0 unspecified atom stereocenters. The Labute approximate surface area is 179 Å². The van der Waals surface area contributed by atoms with Crippen LogP contribution in [0.25, 0.3) is 0 Å². The van der Waals surface area contributed by atoms with Gasteiger partial charge in [0.15, 0.2) is 0 Å². The number of carbonyl (C=O) groups is 2. The topological polar surface area (TPSA) is 122 Å². The lowest BCUT2D eigenvalue weighted by atomic mass is 9.92. The van der Waals surface area contributed by atoms with Crippen molar-refractivity contribution in [2.45, 2.75) is 45.5 Å². The third-order valence-electron chi connectivity index (χ3n) is 4.83. The third-order valence-corrected chi connectivity index (χ3v) is 4.83. The average Bonchev–Trinajstić information content (AvgIpc) is 2.67. The fourth-order valence-corrected chi connectivity index (χ4v) is 3.31. The minimum Gasteiger partial charge on any atom is -0.406 e. The molecule has 2 amide bonds. The van der Waals surface area contributed by atoms with Gasteiger partial charge in [0.05, 0.1) is 11.5 Å². The molecule has 1 aromatic carbocycles. The zero-order chi connectivity index (χ0) is 23.6. The molecular formula is C20H21F3N4O5. The zero-order valence-corrected chi connectivity index (χ0v) is 17.2. The molecule has 3 rings (SSSR count). The Morgan fingerprint density at radius 3 is 2.47 bits per heavy atom. The Balaban J connectivity index is 1.89. The monoisotopic (exact) mass is 454 g/mol. The van der Waals surface area contributed by atoms with E-state index in [-0.39, 0.29) is 36.0 Å². The van der Waals surface area contributed by atoms with E-state index in [1.54, 1.807) is 0 Å². The second-order valence-corrected chi connectivity index (χ2v) is 7.72. The summed E-state index contributed by atoms with van der Waals surface area (Å²) in [4.78, 5) is 52.1. The fraction of sp³-hybridized carbons (Fsp3) is 0.400. The van der Waals surface area contributed by atoms with Gasteiger partial charge in [-0.2, -0.15) is 0 Å². The predicted octanol–water partition coefficient (Wildman–Crippen LogP) is 2.55. The lowest BCUT2D eigenvalue weighted by Crippen LogP contribution is -2.42. The van der Waals surface area contributed by atoms with Gasteiger partial charge in [-0.05, 0) is 36.6 Å². The number of aromatic amines is 1. The molecule has 12 heteroatoms. The van der Waals surface area contributed by atoms with E-state index in [1.165, 1.54) is 16.7 Å². The van der Waals surface area contributed by atoms with Crippen molar-refractivity contribution < 1.29 is 27.5 Å². The molecule has 0 aliphatic carbocycles. The van der Waals surface area contributed by atoms with Crippen LogP contribution in [0.5, 0.6) is 5.75 Å². The molecule has 0 fully saturated rings. The summed E-state index contributed by atoms with van der Waals surface area (Å²) in [5, 5.41) is 4.99. The summed E-state index contributed by atoms with van der Waals surface area (Å²) in [5.41, 5.74) is -1.40. The molecule has 32 heavy (non-hydrogen) atoms. The maximum Gasteiger partial charge on any atom is 0.573 e. The van der Waals surface area contributed by atoms with Crippen LogP contribution in [-0.2, 0) is 16.1 Å². The number of H-pyrrole nitrogens is 1. The smallest absolute Gasteiger partial charge is 0.406 e. The highest BCUT2D eigenvalue weighted by atomic mass is 19.4. The maximum atomic E-state index is 12.9. The van der Waals surface area contributed by atoms with Crippen LogP contribution in [0.2, 0.25) is 0 Å². The Kier molecular flexibility index (Phi) is 6.42. The number of halogens is 3. The molecule has 1 aliphatic heterocycles. The predicted molar refractivity (Wildman–Crippen MR) is 109 cm³/mol. The minimum absolute atomic E-state index is 0.0234. The first kappa shape index (κ1) is 23.1. The van der Waals surface area contributed by atoms with Crippen molar-refractivity contribution in [2.75, 3.05) is 10.6 Å². The second kappa shape index (κ2) is 8.89. The number of hydrogen-bond acceptors (Lipinski definition) is 5. The summed E-state index contributed by atoms with van der Waals surface area (Å²) in [7, 11) is 0. The molecule has 0 saturated heterocycles. The zero-order valence-electron chi connectivity index (χ0n) is 17.2. The second-order valence-electron chi connectivity index (χ2n) is 7.72. The number of rotatable bonds is 6. The van der Waals surface area contributed by atoms with Crippen molar-refractivity contribution in [3.8, 4) is 5.75 Å². The molecule has 0 spiro atoms. The average molecular weight is 454 g/mol. The molecule has 0 saturated carbocycles. The highest BCUT2D eigenvalue weighted by Gasteiger charge is 2.36. The molecule has 172 valence electrons. The number of hydrogen-bond donors (Lipinski definition) is 3. The van der Waals surface area contributed by atoms with E-state index in [0.29, 0.717) is 6.42 Å². The number of aromatic nitrogens is 2. The van der Waals surface area contributed by atoms with Crippen molar-refractivity contribution in [2.24, 2.45) is 5.92 Å². The maximum absolute atomic E-state index is 12.9. The molecular weight excluding hydrogens is 433 g/mol. The van der Waals surface area contributed by atoms with Gasteiger partial charge in [-0.25, -0.2) is 4.79 Å². The van der Waals surface area contributed by atoms with Crippen molar-refractivity contribution in [1.82, 2.24) is 9.55 Å². The molecule has 0 radical (unpaired) electrons. The summed E-state index contributed by atoms with van der Waals surface area (Å²) in [5.74, 6) is -2.71. The van der Waals surface area contributed by atoms with Crippen molar-refractivity contribution >= 4 is 23.3 Å². The van der Waals surface area contributed by atoms with E-state index in [9.17, 15) is 32.3 Å². The van der Waals surface area contributed by atoms with Crippen molar-refractivity contribution in [1.29, 1.82) is 0 Å². The number of benzene rings is 1. The van der Waals surface area contributed by atoms with Crippen LogP contribution < -0.4 is 26.6 Å². The van der Waals surface area contributed by atoms with Gasteiger partial charge in [0.25, 0.3) is 5.56 Å².